The average Bonchev–Trinajstić information content (AvgIpc) is 2.77. The summed E-state index contributed by atoms with van der Waals surface area (Å²) in [5.74, 6) is -0.654. The molecule has 2 aromatic carbocycles. The largest absolute Gasteiger partial charge is 0.506 e. The Morgan fingerprint density at radius 3 is 2.10 bits per heavy atom. The first-order valence-corrected chi connectivity index (χ1v) is 15.7. The molecule has 2 aromatic rings. The zero-order valence-corrected chi connectivity index (χ0v) is 24.6. The molecule has 1 amide bonds. The third-order valence-corrected chi connectivity index (χ3v) is 8.39. The maximum absolute atomic E-state index is 14.1. The van der Waals surface area contributed by atoms with E-state index in [0.29, 0.717) is 0 Å². The van der Waals surface area contributed by atoms with Crippen LogP contribution in [0.3, 0.4) is 0 Å². The fourth-order valence-corrected chi connectivity index (χ4v) is 7.01. The van der Waals surface area contributed by atoms with Crippen molar-refractivity contribution in [1.82, 2.24) is 9.62 Å². The molecule has 0 aliphatic rings. The van der Waals surface area contributed by atoms with Crippen molar-refractivity contribution in [2.24, 2.45) is 11.3 Å². The van der Waals surface area contributed by atoms with Crippen molar-refractivity contribution in [3.8, 4) is 5.75 Å². The second kappa shape index (κ2) is 12.5. The van der Waals surface area contributed by atoms with Gasteiger partial charge < -0.3 is 20.6 Å². The van der Waals surface area contributed by atoms with E-state index in [4.69, 9.17) is 0 Å². The first-order chi connectivity index (χ1) is 17.8. The molecule has 3 atom stereocenters. The minimum Gasteiger partial charge on any atom is -0.506 e. The molecule has 0 spiro atoms. The number of hydrogen-bond donors (Lipinski definition) is 5. The second-order valence-corrected chi connectivity index (χ2v) is 14.7. The van der Waals surface area contributed by atoms with Crippen molar-refractivity contribution in [3.63, 3.8) is 0 Å². The van der Waals surface area contributed by atoms with Crippen LogP contribution in [0.15, 0.2) is 53.4 Å². The van der Waals surface area contributed by atoms with Gasteiger partial charge in [-0.05, 0) is 41.5 Å². The van der Waals surface area contributed by atoms with Gasteiger partial charge in [0.15, 0.2) is 0 Å². The van der Waals surface area contributed by atoms with Gasteiger partial charge in [-0.25, -0.2) is 21.6 Å². The molecule has 0 aliphatic heterocycles. The molecule has 0 saturated heterocycles. The maximum Gasteiger partial charge on any atom is 0.404 e. The van der Waals surface area contributed by atoms with E-state index in [2.05, 4.69) is 10.0 Å². The van der Waals surface area contributed by atoms with Crippen LogP contribution in [-0.4, -0.2) is 73.5 Å². The monoisotopic (exact) mass is 585 g/mol. The molecule has 0 saturated carbocycles. The number of benzene rings is 2. The van der Waals surface area contributed by atoms with Gasteiger partial charge in [0, 0.05) is 6.54 Å². The van der Waals surface area contributed by atoms with Gasteiger partial charge in [-0.2, -0.15) is 4.31 Å². The van der Waals surface area contributed by atoms with Gasteiger partial charge in [0.2, 0.25) is 20.0 Å². The normalized spacial score (nSPS) is 15.1. The molecule has 1 unspecified atom stereocenters. The molecule has 13 heteroatoms. The van der Waals surface area contributed by atoms with Crippen LogP contribution < -0.4 is 10.0 Å². The summed E-state index contributed by atoms with van der Waals surface area (Å²) in [4.78, 5) is 11.4. The lowest BCUT2D eigenvalue weighted by Gasteiger charge is -2.44. The van der Waals surface area contributed by atoms with Crippen LogP contribution in [0.25, 0.3) is 0 Å². The summed E-state index contributed by atoms with van der Waals surface area (Å²) in [6, 6.07) is 10.0. The molecule has 0 heterocycles. The molecule has 0 aliphatic carbocycles. The highest BCUT2D eigenvalue weighted by Crippen LogP contribution is 2.36. The summed E-state index contributed by atoms with van der Waals surface area (Å²) in [6.45, 7) is 8.83. The third-order valence-electron chi connectivity index (χ3n) is 5.96. The summed E-state index contributed by atoms with van der Waals surface area (Å²) >= 11 is 0. The highest BCUT2D eigenvalue weighted by Gasteiger charge is 2.45. The lowest BCUT2D eigenvalue weighted by Crippen LogP contribution is -2.61. The first-order valence-electron chi connectivity index (χ1n) is 12.4. The lowest BCUT2D eigenvalue weighted by molar-refractivity contribution is 0.00250. The first kappa shape index (κ1) is 32.3. The molecule has 0 bridgehead atoms. The van der Waals surface area contributed by atoms with Gasteiger partial charge >= 0.3 is 6.09 Å². The van der Waals surface area contributed by atoms with Crippen molar-refractivity contribution in [2.75, 3.05) is 17.5 Å². The van der Waals surface area contributed by atoms with E-state index in [1.165, 1.54) is 0 Å². The minimum atomic E-state index is -4.40. The summed E-state index contributed by atoms with van der Waals surface area (Å²) in [5.41, 5.74) is -0.442. The van der Waals surface area contributed by atoms with Crippen molar-refractivity contribution >= 4 is 31.8 Å². The Labute approximate surface area is 231 Å². The van der Waals surface area contributed by atoms with Crippen LogP contribution in [0.4, 0.5) is 10.5 Å². The van der Waals surface area contributed by atoms with E-state index in [-0.39, 0.29) is 29.5 Å². The molecular formula is C26H39N3O8S2. The van der Waals surface area contributed by atoms with Crippen LogP contribution in [0.5, 0.6) is 5.75 Å². The number of hydrogen-bond acceptors (Lipinski definition) is 7. The van der Waals surface area contributed by atoms with Crippen molar-refractivity contribution in [2.45, 2.75) is 64.1 Å². The molecule has 5 N–H and O–H groups in total. The predicted molar refractivity (Wildman–Crippen MR) is 150 cm³/mol. The summed E-state index contributed by atoms with van der Waals surface area (Å²) in [7, 11) is -8.23. The van der Waals surface area contributed by atoms with Crippen LogP contribution in [0.2, 0.25) is 0 Å². The number of nitrogens with zero attached hydrogens (tertiary/aromatic N) is 1. The summed E-state index contributed by atoms with van der Waals surface area (Å²) in [6.07, 6.45) is -1.86. The second-order valence-electron chi connectivity index (χ2n) is 11.1. The minimum absolute atomic E-state index is 0.0256. The van der Waals surface area contributed by atoms with Gasteiger partial charge in [-0.15, -0.1) is 0 Å². The van der Waals surface area contributed by atoms with E-state index < -0.39 is 55.5 Å². The maximum atomic E-state index is 14.1. The Morgan fingerprint density at radius 1 is 1.03 bits per heavy atom. The van der Waals surface area contributed by atoms with E-state index in [9.17, 15) is 36.9 Å². The SMILES string of the molecule is CC(C)CN(C([C@H](O)[C@H](Cc1ccccc1)NC(=O)O)C(C)(C)C)S(=O)(=O)c1ccc(O)c(NS(C)(=O)=O)c1. The van der Waals surface area contributed by atoms with Crippen LogP contribution in [0, 0.1) is 11.3 Å². The number of sulfonamides is 2. The molecule has 11 nitrogen and oxygen atoms in total. The highest BCUT2D eigenvalue weighted by molar-refractivity contribution is 7.92. The number of anilines is 1. The summed E-state index contributed by atoms with van der Waals surface area (Å²) in [5, 5.41) is 33.7. The van der Waals surface area contributed by atoms with Gasteiger partial charge in [0.05, 0.1) is 35.0 Å². The van der Waals surface area contributed by atoms with Gasteiger partial charge in [-0.1, -0.05) is 65.0 Å². The Morgan fingerprint density at radius 2 is 1.62 bits per heavy atom. The molecular weight excluding hydrogens is 546 g/mol. The molecule has 0 fully saturated rings. The Kier molecular flexibility index (Phi) is 10.4. The fourth-order valence-electron chi connectivity index (χ4n) is 4.43. The fraction of sp³-hybridized carbons (Fsp3) is 0.500. The Balaban J connectivity index is 2.67. The number of carbonyl (C=O) groups is 1. The van der Waals surface area contributed by atoms with Gasteiger partial charge in [0.25, 0.3) is 0 Å². The summed E-state index contributed by atoms with van der Waals surface area (Å²) < 4.78 is 55.0. The number of aromatic hydroxyl groups is 1. The van der Waals surface area contributed by atoms with E-state index in [0.717, 1.165) is 34.3 Å². The molecule has 39 heavy (non-hydrogen) atoms. The highest BCUT2D eigenvalue weighted by atomic mass is 32.2. The lowest BCUT2D eigenvalue weighted by atomic mass is 9.79. The quantitative estimate of drug-likeness (QED) is 0.236. The Hall–Kier alpha value is -2.87. The van der Waals surface area contributed by atoms with E-state index in [1.54, 1.807) is 65.0 Å². The zero-order chi connectivity index (χ0) is 29.8. The smallest absolute Gasteiger partial charge is 0.404 e. The number of rotatable bonds is 12. The van der Waals surface area contributed by atoms with Gasteiger partial charge in [-0.3, -0.25) is 4.72 Å². The number of aliphatic hydroxyl groups is 1. The number of nitrogens with one attached hydrogen (secondary N) is 2. The molecule has 0 aromatic heterocycles. The predicted octanol–water partition coefficient (Wildman–Crippen LogP) is 3.06. The topological polar surface area (TPSA) is 173 Å². The number of carboxylic acid groups (broad SMARTS) is 1. The standard InChI is InChI=1S/C26H39N3O8S2/c1-17(2)16-29(39(36,37)19-12-13-22(30)20(15-19)28-38(6,34)35)24(26(3,4)5)23(31)21(27-25(32)33)14-18-10-8-7-9-11-18/h7-13,15,17,21,23-24,27-28,30-31H,14,16H2,1-6H3,(H,32,33)/t21-,23+,24?/m0/s1. The van der Waals surface area contributed by atoms with E-state index >= 15 is 0 Å². The van der Waals surface area contributed by atoms with Crippen LogP contribution >= 0.6 is 0 Å². The zero-order valence-electron chi connectivity index (χ0n) is 23.0. The van der Waals surface area contributed by atoms with E-state index in [1.807, 2.05) is 0 Å². The molecule has 0 radical (unpaired) electrons. The van der Waals surface area contributed by atoms with Crippen molar-refractivity contribution < 1.29 is 36.9 Å². The number of phenols is 1. The Bertz CT molecular complexity index is 1340. The third kappa shape index (κ3) is 9.09. The van der Waals surface area contributed by atoms with Crippen molar-refractivity contribution in [1.29, 1.82) is 0 Å². The van der Waals surface area contributed by atoms with Crippen molar-refractivity contribution in [3.05, 3.63) is 54.1 Å². The van der Waals surface area contributed by atoms with Gasteiger partial charge in [0.1, 0.15) is 5.75 Å². The van der Waals surface area contributed by atoms with Crippen LogP contribution in [-0.2, 0) is 26.5 Å². The average molecular weight is 586 g/mol. The number of phenolic OH excluding ortho intramolecular Hbond substituents is 1. The number of amides is 1. The molecule has 218 valence electrons. The number of aliphatic hydroxyl groups excluding tert-OH is 1. The molecule has 2 rings (SSSR count). The van der Waals surface area contributed by atoms with Crippen LogP contribution in [0.1, 0.15) is 40.2 Å².